The molecule has 106 valence electrons. The molecule has 0 amide bonds. The van der Waals surface area contributed by atoms with Gasteiger partial charge < -0.3 is 4.57 Å². The third-order valence-electron chi connectivity index (χ3n) is 3.59. The highest BCUT2D eigenvalue weighted by molar-refractivity contribution is 9.10. The zero-order chi connectivity index (χ0) is 15.1. The normalized spacial score (nSPS) is 11.0. The fraction of sp³-hybridized carbons (Fsp3) is 0.118. The van der Waals surface area contributed by atoms with Gasteiger partial charge in [-0.1, -0.05) is 18.2 Å². The Morgan fingerprint density at radius 2 is 1.95 bits per heavy atom. The molecule has 0 saturated carbocycles. The van der Waals surface area contributed by atoms with Crippen LogP contribution in [0.3, 0.4) is 0 Å². The summed E-state index contributed by atoms with van der Waals surface area (Å²) in [5.74, 6) is -0.824. The Bertz CT molecular complexity index is 867. The molecule has 0 aliphatic carbocycles. The maximum Gasteiger partial charge on any atom is 0.198 e. The summed E-state index contributed by atoms with van der Waals surface area (Å²) in [6.45, 7) is 2.00. The summed E-state index contributed by atoms with van der Waals surface area (Å²) in [5.41, 5.74) is 2.69. The van der Waals surface area contributed by atoms with Crippen LogP contribution < -0.4 is 0 Å². The maximum atomic E-state index is 14.1. The van der Waals surface area contributed by atoms with Gasteiger partial charge in [0, 0.05) is 29.7 Å². The molecule has 1 heterocycles. The van der Waals surface area contributed by atoms with Crippen molar-refractivity contribution in [3.63, 3.8) is 0 Å². The number of fused-ring (bicyclic) bond motifs is 1. The van der Waals surface area contributed by atoms with Crippen LogP contribution in [-0.2, 0) is 7.05 Å². The van der Waals surface area contributed by atoms with E-state index in [0.29, 0.717) is 10.0 Å². The molecule has 0 saturated heterocycles. The number of aromatic nitrogens is 1. The largest absolute Gasteiger partial charge is 0.350 e. The second-order valence-corrected chi connectivity index (χ2v) is 5.96. The lowest BCUT2D eigenvalue weighted by molar-refractivity contribution is 0.103. The summed E-state index contributed by atoms with van der Waals surface area (Å²) in [6.07, 6.45) is 1.76. The molecule has 1 aromatic heterocycles. The van der Waals surface area contributed by atoms with Gasteiger partial charge in [0.15, 0.2) is 5.78 Å². The van der Waals surface area contributed by atoms with E-state index in [1.807, 2.05) is 36.7 Å². The standard InChI is InChI=1S/C17H13BrFNO/c1-10-6-7-11-13(9-20(2)15(11)8-10)17(21)12-4-3-5-14(18)16(12)19/h3-9H,1-2H3. The van der Waals surface area contributed by atoms with Crippen molar-refractivity contribution in [2.45, 2.75) is 6.92 Å². The molecule has 0 spiro atoms. The Labute approximate surface area is 130 Å². The number of rotatable bonds is 2. The number of halogens is 2. The average molecular weight is 346 g/mol. The van der Waals surface area contributed by atoms with Crippen LogP contribution >= 0.6 is 15.9 Å². The van der Waals surface area contributed by atoms with Gasteiger partial charge in [-0.05, 0) is 46.6 Å². The van der Waals surface area contributed by atoms with Crippen LogP contribution in [-0.4, -0.2) is 10.4 Å². The summed E-state index contributed by atoms with van der Waals surface area (Å²) in [7, 11) is 1.88. The number of hydrogen-bond acceptors (Lipinski definition) is 1. The maximum absolute atomic E-state index is 14.1. The highest BCUT2D eigenvalue weighted by Gasteiger charge is 2.19. The third kappa shape index (κ3) is 2.29. The summed E-state index contributed by atoms with van der Waals surface area (Å²) in [4.78, 5) is 12.7. The average Bonchev–Trinajstić information content (AvgIpc) is 2.78. The molecule has 0 atom stereocenters. The molecule has 0 N–H and O–H groups in total. The van der Waals surface area contributed by atoms with Crippen molar-refractivity contribution in [2.24, 2.45) is 7.05 Å². The van der Waals surface area contributed by atoms with Crippen molar-refractivity contribution in [3.8, 4) is 0 Å². The summed E-state index contributed by atoms with van der Waals surface area (Å²) < 4.78 is 16.3. The molecule has 0 radical (unpaired) electrons. The first-order chi connectivity index (χ1) is 9.99. The van der Waals surface area contributed by atoms with E-state index in [4.69, 9.17) is 0 Å². The number of carbonyl (C=O) groups is 1. The lowest BCUT2D eigenvalue weighted by atomic mass is 10.0. The zero-order valence-corrected chi connectivity index (χ0v) is 13.2. The molecule has 2 aromatic carbocycles. The van der Waals surface area contributed by atoms with Crippen molar-refractivity contribution in [3.05, 3.63) is 69.6 Å². The molecule has 0 unspecified atom stereocenters. The SMILES string of the molecule is Cc1ccc2c(C(=O)c3cccc(Br)c3F)cn(C)c2c1. The third-order valence-corrected chi connectivity index (χ3v) is 4.20. The van der Waals surface area contributed by atoms with Crippen LogP contribution in [0.5, 0.6) is 0 Å². The van der Waals surface area contributed by atoms with Gasteiger partial charge in [-0.15, -0.1) is 0 Å². The first-order valence-electron chi connectivity index (χ1n) is 6.53. The second-order valence-electron chi connectivity index (χ2n) is 5.10. The number of nitrogens with zero attached hydrogens (tertiary/aromatic N) is 1. The fourth-order valence-corrected chi connectivity index (χ4v) is 2.87. The van der Waals surface area contributed by atoms with Gasteiger partial charge in [0.05, 0.1) is 10.0 Å². The van der Waals surface area contributed by atoms with E-state index in [1.165, 1.54) is 6.07 Å². The Morgan fingerprint density at radius 1 is 1.19 bits per heavy atom. The van der Waals surface area contributed by atoms with E-state index < -0.39 is 5.82 Å². The first kappa shape index (κ1) is 14.0. The van der Waals surface area contributed by atoms with E-state index in [-0.39, 0.29) is 11.3 Å². The Balaban J connectivity index is 2.21. The van der Waals surface area contributed by atoms with Crippen LogP contribution in [0.1, 0.15) is 21.5 Å². The predicted molar refractivity (Wildman–Crippen MR) is 85.2 cm³/mol. The second kappa shape index (κ2) is 5.11. The van der Waals surface area contributed by atoms with Crippen LogP contribution in [0, 0.1) is 12.7 Å². The van der Waals surface area contributed by atoms with Gasteiger partial charge in [0.2, 0.25) is 0 Å². The molecule has 0 fully saturated rings. The van der Waals surface area contributed by atoms with Crippen molar-refractivity contribution in [2.75, 3.05) is 0 Å². The monoisotopic (exact) mass is 345 g/mol. The highest BCUT2D eigenvalue weighted by Crippen LogP contribution is 2.27. The number of benzene rings is 2. The van der Waals surface area contributed by atoms with Gasteiger partial charge in [0.1, 0.15) is 5.82 Å². The van der Waals surface area contributed by atoms with E-state index in [2.05, 4.69) is 15.9 Å². The number of ketones is 1. The quantitative estimate of drug-likeness (QED) is 0.621. The van der Waals surface area contributed by atoms with Crippen LogP contribution in [0.25, 0.3) is 10.9 Å². The van der Waals surface area contributed by atoms with Crippen molar-refractivity contribution < 1.29 is 9.18 Å². The molecule has 2 nitrogen and oxygen atoms in total. The van der Waals surface area contributed by atoms with Crippen LogP contribution in [0.4, 0.5) is 4.39 Å². The van der Waals surface area contributed by atoms with Crippen molar-refractivity contribution in [1.29, 1.82) is 0 Å². The lowest BCUT2D eigenvalue weighted by Crippen LogP contribution is -2.04. The number of aryl methyl sites for hydroxylation is 2. The molecule has 4 heteroatoms. The minimum absolute atomic E-state index is 0.0810. The van der Waals surface area contributed by atoms with E-state index in [0.717, 1.165) is 16.5 Å². The van der Waals surface area contributed by atoms with E-state index in [9.17, 15) is 9.18 Å². The van der Waals surface area contributed by atoms with Crippen LogP contribution in [0.2, 0.25) is 0 Å². The molecular formula is C17H13BrFNO. The smallest absolute Gasteiger partial charge is 0.198 e. The number of carbonyl (C=O) groups excluding carboxylic acids is 1. The predicted octanol–water partition coefficient (Wildman–Crippen LogP) is 4.62. The minimum Gasteiger partial charge on any atom is -0.350 e. The molecule has 21 heavy (non-hydrogen) atoms. The molecular weight excluding hydrogens is 333 g/mol. The van der Waals surface area contributed by atoms with Crippen LogP contribution in [0.15, 0.2) is 47.1 Å². The molecule has 0 aliphatic rings. The van der Waals surface area contributed by atoms with Gasteiger partial charge >= 0.3 is 0 Å². The Kier molecular flexibility index (Phi) is 3.41. The fourth-order valence-electron chi connectivity index (χ4n) is 2.50. The molecule has 0 aliphatic heterocycles. The van der Waals surface area contributed by atoms with Gasteiger partial charge in [-0.2, -0.15) is 0 Å². The van der Waals surface area contributed by atoms with E-state index >= 15 is 0 Å². The molecule has 0 bridgehead atoms. The summed E-state index contributed by atoms with van der Waals surface area (Å²) >= 11 is 3.12. The van der Waals surface area contributed by atoms with Gasteiger partial charge in [0.25, 0.3) is 0 Å². The zero-order valence-electron chi connectivity index (χ0n) is 11.7. The number of hydrogen-bond donors (Lipinski definition) is 0. The Morgan fingerprint density at radius 3 is 2.71 bits per heavy atom. The van der Waals surface area contributed by atoms with Crippen molar-refractivity contribution in [1.82, 2.24) is 4.57 Å². The highest BCUT2D eigenvalue weighted by atomic mass is 79.9. The van der Waals surface area contributed by atoms with E-state index in [1.54, 1.807) is 18.3 Å². The first-order valence-corrected chi connectivity index (χ1v) is 7.32. The summed E-state index contributed by atoms with van der Waals surface area (Å²) in [5, 5.41) is 0.840. The molecule has 3 rings (SSSR count). The minimum atomic E-state index is -0.522. The van der Waals surface area contributed by atoms with Crippen molar-refractivity contribution >= 4 is 32.6 Å². The molecule has 3 aromatic rings. The Hall–Kier alpha value is -1.94. The lowest BCUT2D eigenvalue weighted by Gasteiger charge is -2.03. The van der Waals surface area contributed by atoms with Gasteiger partial charge in [-0.3, -0.25) is 4.79 Å². The topological polar surface area (TPSA) is 22.0 Å². The summed E-state index contributed by atoms with van der Waals surface area (Å²) in [6, 6.07) is 10.6. The van der Waals surface area contributed by atoms with Gasteiger partial charge in [-0.25, -0.2) is 4.39 Å².